The molecule has 0 aliphatic heterocycles. The van der Waals surface area contributed by atoms with Gasteiger partial charge in [0.25, 0.3) is 0 Å². The van der Waals surface area contributed by atoms with Crippen molar-refractivity contribution in [2.75, 3.05) is 0 Å². The van der Waals surface area contributed by atoms with E-state index >= 15 is 0 Å². The molecule has 0 unspecified atom stereocenters. The van der Waals surface area contributed by atoms with Gasteiger partial charge in [-0.3, -0.25) is 0 Å². The van der Waals surface area contributed by atoms with E-state index in [2.05, 4.69) is 20.6 Å². The summed E-state index contributed by atoms with van der Waals surface area (Å²) in [7, 11) is 0. The van der Waals surface area contributed by atoms with Crippen LogP contribution in [-0.4, -0.2) is 21.1 Å². The van der Waals surface area contributed by atoms with Crippen LogP contribution in [0.1, 0.15) is 19.5 Å². The zero-order valence-corrected chi connectivity index (χ0v) is 8.61. The number of imidazole rings is 1. The van der Waals surface area contributed by atoms with Crippen molar-refractivity contribution in [1.29, 1.82) is 0 Å². The molecule has 3 N–H and O–H groups in total. The lowest BCUT2D eigenvalue weighted by atomic mass is 10.4. The van der Waals surface area contributed by atoms with Gasteiger partial charge in [-0.15, -0.1) is 0 Å². The number of aromatic amines is 1. The summed E-state index contributed by atoms with van der Waals surface area (Å²) in [4.78, 5) is 6.89. The molecular weight excluding hydrogens is 184 g/mol. The first-order valence-corrected chi connectivity index (χ1v) is 4.61. The van der Waals surface area contributed by atoms with Gasteiger partial charge in [0.15, 0.2) is 5.11 Å². The van der Waals surface area contributed by atoms with Crippen molar-refractivity contribution in [2.24, 2.45) is 0 Å². The summed E-state index contributed by atoms with van der Waals surface area (Å²) in [6.45, 7) is 4.77. The molecule has 4 nitrogen and oxygen atoms in total. The quantitative estimate of drug-likeness (QED) is 0.628. The Morgan fingerprint density at radius 1 is 1.69 bits per heavy atom. The lowest BCUT2D eigenvalue weighted by molar-refractivity contribution is 0.710. The van der Waals surface area contributed by atoms with Crippen molar-refractivity contribution < 1.29 is 0 Å². The molecule has 0 aromatic carbocycles. The smallest absolute Gasteiger partial charge is 0.166 e. The van der Waals surface area contributed by atoms with E-state index in [0.717, 1.165) is 5.69 Å². The van der Waals surface area contributed by atoms with E-state index in [1.807, 2.05) is 13.8 Å². The predicted molar refractivity (Wildman–Crippen MR) is 56.3 cm³/mol. The van der Waals surface area contributed by atoms with E-state index in [-0.39, 0.29) is 0 Å². The van der Waals surface area contributed by atoms with Gasteiger partial charge in [0, 0.05) is 12.2 Å². The molecule has 1 aromatic heterocycles. The zero-order valence-electron chi connectivity index (χ0n) is 7.79. The van der Waals surface area contributed by atoms with Crippen LogP contribution in [0.25, 0.3) is 0 Å². The standard InChI is InChI=1S/C8H14N4S/c1-6(2)12-8(13)10-4-7-3-9-5-11-7/h3,5-6H,4H2,1-2H3,(H,9,11)(H2,10,12,13). The van der Waals surface area contributed by atoms with Crippen LogP contribution in [-0.2, 0) is 6.54 Å². The minimum atomic E-state index is 0.363. The van der Waals surface area contributed by atoms with Crippen LogP contribution >= 0.6 is 12.2 Å². The lowest BCUT2D eigenvalue weighted by Crippen LogP contribution is -2.38. The van der Waals surface area contributed by atoms with Gasteiger partial charge in [-0.05, 0) is 26.1 Å². The number of rotatable bonds is 3. The van der Waals surface area contributed by atoms with Crippen LogP contribution in [0.4, 0.5) is 0 Å². The molecule has 0 bridgehead atoms. The van der Waals surface area contributed by atoms with Crippen molar-refractivity contribution in [1.82, 2.24) is 20.6 Å². The topological polar surface area (TPSA) is 52.7 Å². The van der Waals surface area contributed by atoms with Gasteiger partial charge in [0.2, 0.25) is 0 Å². The number of nitrogens with one attached hydrogen (secondary N) is 3. The molecule has 0 atom stereocenters. The Morgan fingerprint density at radius 3 is 3.00 bits per heavy atom. The summed E-state index contributed by atoms with van der Waals surface area (Å²) < 4.78 is 0. The highest BCUT2D eigenvalue weighted by molar-refractivity contribution is 7.80. The van der Waals surface area contributed by atoms with Gasteiger partial charge in [-0.2, -0.15) is 0 Å². The maximum Gasteiger partial charge on any atom is 0.166 e. The predicted octanol–water partition coefficient (Wildman–Crippen LogP) is 0.782. The summed E-state index contributed by atoms with van der Waals surface area (Å²) in [5, 5.41) is 6.83. The Labute approximate surface area is 83.1 Å². The average molecular weight is 198 g/mol. The van der Waals surface area contributed by atoms with E-state index in [4.69, 9.17) is 12.2 Å². The van der Waals surface area contributed by atoms with Crippen LogP contribution in [0, 0.1) is 0 Å². The Morgan fingerprint density at radius 2 is 2.46 bits per heavy atom. The van der Waals surface area contributed by atoms with Crippen molar-refractivity contribution >= 4 is 17.3 Å². The van der Waals surface area contributed by atoms with Gasteiger partial charge >= 0.3 is 0 Å². The fraction of sp³-hybridized carbons (Fsp3) is 0.500. The van der Waals surface area contributed by atoms with Crippen LogP contribution in [0.5, 0.6) is 0 Å². The molecule has 0 amide bonds. The van der Waals surface area contributed by atoms with Crippen LogP contribution in [0.3, 0.4) is 0 Å². The molecule has 72 valence electrons. The number of nitrogens with zero attached hydrogens (tertiary/aromatic N) is 1. The third kappa shape index (κ3) is 3.89. The van der Waals surface area contributed by atoms with Crippen LogP contribution in [0.2, 0.25) is 0 Å². The van der Waals surface area contributed by atoms with Crippen molar-refractivity contribution in [2.45, 2.75) is 26.4 Å². The van der Waals surface area contributed by atoms with Gasteiger partial charge in [0.1, 0.15) is 0 Å². The van der Waals surface area contributed by atoms with Gasteiger partial charge in [-0.1, -0.05) is 0 Å². The van der Waals surface area contributed by atoms with E-state index in [0.29, 0.717) is 17.7 Å². The van der Waals surface area contributed by atoms with E-state index < -0.39 is 0 Å². The minimum Gasteiger partial charge on any atom is -0.361 e. The second-order valence-corrected chi connectivity index (χ2v) is 3.47. The normalized spacial score (nSPS) is 10.1. The molecule has 1 heterocycles. The number of H-pyrrole nitrogens is 1. The SMILES string of the molecule is CC(C)NC(=S)NCc1cnc[nH]1. The highest BCUT2D eigenvalue weighted by Crippen LogP contribution is 1.89. The molecular formula is C8H14N4S. The van der Waals surface area contributed by atoms with Crippen LogP contribution in [0.15, 0.2) is 12.5 Å². The molecule has 1 aromatic rings. The molecule has 0 saturated heterocycles. The fourth-order valence-electron chi connectivity index (χ4n) is 0.870. The molecule has 13 heavy (non-hydrogen) atoms. The molecule has 0 fully saturated rings. The summed E-state index contributed by atoms with van der Waals surface area (Å²) in [5.74, 6) is 0. The second kappa shape index (κ2) is 4.81. The molecule has 0 spiro atoms. The number of hydrogen-bond acceptors (Lipinski definition) is 2. The third-order valence-corrected chi connectivity index (χ3v) is 1.68. The first-order chi connectivity index (χ1) is 6.18. The Balaban J connectivity index is 2.23. The first kappa shape index (κ1) is 9.98. The largest absolute Gasteiger partial charge is 0.361 e. The molecule has 0 radical (unpaired) electrons. The molecule has 0 aliphatic rings. The molecule has 1 rings (SSSR count). The maximum atomic E-state index is 5.05. The van der Waals surface area contributed by atoms with E-state index in [1.54, 1.807) is 12.5 Å². The highest BCUT2D eigenvalue weighted by Gasteiger charge is 1.98. The second-order valence-electron chi connectivity index (χ2n) is 3.06. The summed E-state index contributed by atoms with van der Waals surface area (Å²) in [6.07, 6.45) is 3.42. The maximum absolute atomic E-state index is 5.05. The Bertz CT molecular complexity index is 255. The molecule has 0 saturated carbocycles. The molecule has 0 aliphatic carbocycles. The van der Waals surface area contributed by atoms with E-state index in [1.165, 1.54) is 0 Å². The summed E-state index contributed by atoms with van der Waals surface area (Å²) in [5.41, 5.74) is 1.02. The number of hydrogen-bond donors (Lipinski definition) is 3. The van der Waals surface area contributed by atoms with E-state index in [9.17, 15) is 0 Å². The van der Waals surface area contributed by atoms with Crippen molar-refractivity contribution in [3.05, 3.63) is 18.2 Å². The Kier molecular flexibility index (Phi) is 3.70. The summed E-state index contributed by atoms with van der Waals surface area (Å²) >= 11 is 5.05. The van der Waals surface area contributed by atoms with Gasteiger partial charge in [0.05, 0.1) is 18.6 Å². The molecule has 5 heteroatoms. The van der Waals surface area contributed by atoms with Gasteiger partial charge < -0.3 is 15.6 Å². The number of thiocarbonyl (C=S) groups is 1. The average Bonchev–Trinajstić information content (AvgIpc) is 2.51. The Hall–Kier alpha value is -1.10. The zero-order chi connectivity index (χ0) is 9.68. The number of aromatic nitrogens is 2. The van der Waals surface area contributed by atoms with Crippen molar-refractivity contribution in [3.8, 4) is 0 Å². The van der Waals surface area contributed by atoms with Crippen molar-refractivity contribution in [3.63, 3.8) is 0 Å². The van der Waals surface area contributed by atoms with Gasteiger partial charge in [-0.25, -0.2) is 4.98 Å². The van der Waals surface area contributed by atoms with Crippen LogP contribution < -0.4 is 10.6 Å². The first-order valence-electron chi connectivity index (χ1n) is 4.20. The monoisotopic (exact) mass is 198 g/mol. The lowest BCUT2D eigenvalue weighted by Gasteiger charge is -2.11. The summed E-state index contributed by atoms with van der Waals surface area (Å²) in [6, 6.07) is 0.363. The highest BCUT2D eigenvalue weighted by atomic mass is 32.1. The minimum absolute atomic E-state index is 0.363. The third-order valence-electron chi connectivity index (χ3n) is 1.41. The fourth-order valence-corrected chi connectivity index (χ4v) is 1.18.